The van der Waals surface area contributed by atoms with Crippen molar-refractivity contribution in [3.63, 3.8) is 0 Å². The van der Waals surface area contributed by atoms with Crippen LogP contribution in [0.5, 0.6) is 0 Å². The average molecular weight is 364 g/mol. The lowest BCUT2D eigenvalue weighted by molar-refractivity contribution is 0.102. The van der Waals surface area contributed by atoms with Gasteiger partial charge in [0.15, 0.2) is 11.5 Å². The number of nitrogens with one attached hydrogen (secondary N) is 1. The molecule has 2 aromatic heterocycles. The SMILES string of the molecule is Cc1ccccc1-n1nc(C(=O)Nc2cc(C(C)(C)C)on2)c2c1CCC2. The quantitative estimate of drug-likeness (QED) is 0.756. The highest BCUT2D eigenvalue weighted by Crippen LogP contribution is 2.30. The monoisotopic (exact) mass is 364 g/mol. The van der Waals surface area contributed by atoms with Gasteiger partial charge < -0.3 is 9.84 Å². The van der Waals surface area contributed by atoms with Gasteiger partial charge in [-0.05, 0) is 37.8 Å². The maximum absolute atomic E-state index is 12.9. The fraction of sp³-hybridized carbons (Fsp3) is 0.381. The number of amides is 1. The number of para-hydroxylation sites is 1. The first kappa shape index (κ1) is 17.5. The van der Waals surface area contributed by atoms with Crippen molar-refractivity contribution in [1.29, 1.82) is 0 Å². The van der Waals surface area contributed by atoms with Crippen LogP contribution in [0.15, 0.2) is 34.9 Å². The Morgan fingerprint density at radius 2 is 2.00 bits per heavy atom. The van der Waals surface area contributed by atoms with Gasteiger partial charge in [-0.2, -0.15) is 5.10 Å². The maximum Gasteiger partial charge on any atom is 0.277 e. The molecule has 1 amide bonds. The van der Waals surface area contributed by atoms with Crippen LogP contribution in [0, 0.1) is 6.92 Å². The number of hydrogen-bond acceptors (Lipinski definition) is 4. The van der Waals surface area contributed by atoms with Crippen LogP contribution in [-0.2, 0) is 18.3 Å². The zero-order valence-corrected chi connectivity index (χ0v) is 16.2. The summed E-state index contributed by atoms with van der Waals surface area (Å²) in [5.74, 6) is 0.907. The summed E-state index contributed by atoms with van der Waals surface area (Å²) in [5, 5.41) is 11.5. The molecule has 0 bridgehead atoms. The second-order valence-corrected chi connectivity index (χ2v) is 8.11. The van der Waals surface area contributed by atoms with Gasteiger partial charge in [0, 0.05) is 22.7 Å². The van der Waals surface area contributed by atoms with Gasteiger partial charge in [-0.3, -0.25) is 4.79 Å². The number of nitrogens with zero attached hydrogens (tertiary/aromatic N) is 3. The van der Waals surface area contributed by atoms with Crippen molar-refractivity contribution in [2.75, 3.05) is 5.32 Å². The van der Waals surface area contributed by atoms with Crippen LogP contribution in [0.2, 0.25) is 0 Å². The molecule has 27 heavy (non-hydrogen) atoms. The van der Waals surface area contributed by atoms with Crippen molar-refractivity contribution < 1.29 is 9.32 Å². The summed E-state index contributed by atoms with van der Waals surface area (Å²) in [6.45, 7) is 8.17. The standard InChI is InChI=1S/C21H24N4O2/c1-13-8-5-6-10-15(13)25-16-11-7-9-14(16)19(23-25)20(26)22-18-12-17(27-24-18)21(2,3)4/h5-6,8,10,12H,7,9,11H2,1-4H3,(H,22,24,26). The van der Waals surface area contributed by atoms with E-state index in [2.05, 4.69) is 28.6 Å². The van der Waals surface area contributed by atoms with Gasteiger partial charge in [0.25, 0.3) is 5.91 Å². The highest BCUT2D eigenvalue weighted by Gasteiger charge is 2.28. The molecule has 0 spiro atoms. The van der Waals surface area contributed by atoms with E-state index in [9.17, 15) is 4.79 Å². The Bertz CT molecular complexity index is 1010. The predicted molar refractivity (Wildman–Crippen MR) is 103 cm³/mol. The van der Waals surface area contributed by atoms with E-state index in [1.54, 1.807) is 6.07 Å². The van der Waals surface area contributed by atoms with Crippen LogP contribution in [0.25, 0.3) is 5.69 Å². The second-order valence-electron chi connectivity index (χ2n) is 8.11. The fourth-order valence-corrected chi connectivity index (χ4v) is 3.48. The lowest BCUT2D eigenvalue weighted by Crippen LogP contribution is -2.15. The van der Waals surface area contributed by atoms with E-state index in [1.807, 2.05) is 43.7 Å². The molecule has 2 heterocycles. The molecule has 0 saturated carbocycles. The summed E-state index contributed by atoms with van der Waals surface area (Å²) in [7, 11) is 0. The summed E-state index contributed by atoms with van der Waals surface area (Å²) in [4.78, 5) is 12.9. The molecule has 140 valence electrons. The molecule has 4 rings (SSSR count). The van der Waals surface area contributed by atoms with Crippen LogP contribution >= 0.6 is 0 Å². The van der Waals surface area contributed by atoms with Crippen LogP contribution in [0.1, 0.15) is 60.3 Å². The molecular weight excluding hydrogens is 340 g/mol. The number of fused-ring (bicyclic) bond motifs is 1. The molecule has 0 aliphatic heterocycles. The first-order chi connectivity index (χ1) is 12.8. The Hall–Kier alpha value is -2.89. The zero-order valence-electron chi connectivity index (χ0n) is 16.2. The Morgan fingerprint density at radius 1 is 1.22 bits per heavy atom. The third-order valence-electron chi connectivity index (χ3n) is 4.98. The number of rotatable bonds is 3. The summed E-state index contributed by atoms with van der Waals surface area (Å²) in [5.41, 5.74) is 4.63. The molecule has 1 aliphatic rings. The molecule has 1 N–H and O–H groups in total. The zero-order chi connectivity index (χ0) is 19.2. The number of hydrogen-bond donors (Lipinski definition) is 1. The third kappa shape index (κ3) is 3.16. The highest BCUT2D eigenvalue weighted by molar-refractivity contribution is 6.03. The maximum atomic E-state index is 12.9. The Balaban J connectivity index is 1.66. The van der Waals surface area contributed by atoms with Gasteiger partial charge in [-0.1, -0.05) is 44.1 Å². The Morgan fingerprint density at radius 3 is 2.70 bits per heavy atom. The van der Waals surface area contributed by atoms with Gasteiger partial charge in [-0.15, -0.1) is 0 Å². The minimum Gasteiger partial charge on any atom is -0.359 e. The number of aryl methyl sites for hydroxylation is 1. The summed E-state index contributed by atoms with van der Waals surface area (Å²) < 4.78 is 7.28. The van der Waals surface area contributed by atoms with Crippen molar-refractivity contribution in [2.45, 2.75) is 52.4 Å². The Kier molecular flexibility index (Phi) is 4.13. The largest absolute Gasteiger partial charge is 0.359 e. The average Bonchev–Trinajstić information content (AvgIpc) is 3.30. The normalized spacial score (nSPS) is 13.6. The number of benzene rings is 1. The number of aromatic nitrogens is 3. The molecule has 1 aliphatic carbocycles. The van der Waals surface area contributed by atoms with E-state index in [1.165, 1.54) is 0 Å². The summed E-state index contributed by atoms with van der Waals surface area (Å²) >= 11 is 0. The van der Waals surface area contributed by atoms with Crippen LogP contribution in [0.3, 0.4) is 0 Å². The topological polar surface area (TPSA) is 73.0 Å². The van der Waals surface area contributed by atoms with Crippen molar-refractivity contribution >= 4 is 11.7 Å². The first-order valence-corrected chi connectivity index (χ1v) is 9.30. The van der Waals surface area contributed by atoms with Crippen LogP contribution in [-0.4, -0.2) is 20.8 Å². The van der Waals surface area contributed by atoms with Gasteiger partial charge in [0.1, 0.15) is 5.76 Å². The lowest BCUT2D eigenvalue weighted by atomic mass is 9.93. The molecule has 3 aromatic rings. The molecule has 0 unspecified atom stereocenters. The lowest BCUT2D eigenvalue weighted by Gasteiger charge is -2.11. The van der Waals surface area contributed by atoms with Crippen LogP contribution < -0.4 is 5.32 Å². The Labute approximate surface area is 158 Å². The second kappa shape index (κ2) is 6.37. The summed E-state index contributed by atoms with van der Waals surface area (Å²) in [6, 6.07) is 9.87. The third-order valence-corrected chi connectivity index (χ3v) is 4.98. The van der Waals surface area contributed by atoms with Crippen molar-refractivity contribution in [3.05, 3.63) is 58.6 Å². The van der Waals surface area contributed by atoms with Crippen molar-refractivity contribution in [3.8, 4) is 5.69 Å². The van der Waals surface area contributed by atoms with Gasteiger partial charge in [-0.25, -0.2) is 4.68 Å². The minimum absolute atomic E-state index is 0.163. The van der Waals surface area contributed by atoms with E-state index < -0.39 is 0 Å². The van der Waals surface area contributed by atoms with Crippen molar-refractivity contribution in [2.24, 2.45) is 0 Å². The molecule has 0 fully saturated rings. The van der Waals surface area contributed by atoms with Gasteiger partial charge in [0.05, 0.1) is 5.69 Å². The van der Waals surface area contributed by atoms with Gasteiger partial charge in [0.2, 0.25) is 0 Å². The van der Waals surface area contributed by atoms with E-state index in [-0.39, 0.29) is 11.3 Å². The van der Waals surface area contributed by atoms with Gasteiger partial charge >= 0.3 is 0 Å². The molecule has 6 heteroatoms. The minimum atomic E-state index is -0.241. The van der Waals surface area contributed by atoms with E-state index >= 15 is 0 Å². The number of carbonyl (C=O) groups is 1. The number of carbonyl (C=O) groups excluding carboxylic acids is 1. The van der Waals surface area contributed by atoms with E-state index in [4.69, 9.17) is 4.52 Å². The smallest absolute Gasteiger partial charge is 0.277 e. The van der Waals surface area contributed by atoms with E-state index in [0.717, 1.165) is 47.5 Å². The predicted octanol–water partition coefficient (Wildman–Crippen LogP) is 4.21. The van der Waals surface area contributed by atoms with E-state index in [0.29, 0.717) is 11.5 Å². The van der Waals surface area contributed by atoms with Crippen LogP contribution in [0.4, 0.5) is 5.82 Å². The molecule has 6 nitrogen and oxygen atoms in total. The molecule has 1 aromatic carbocycles. The first-order valence-electron chi connectivity index (χ1n) is 9.30. The fourth-order valence-electron chi connectivity index (χ4n) is 3.48. The molecule has 0 saturated heterocycles. The molecule has 0 radical (unpaired) electrons. The molecular formula is C21H24N4O2. The molecule has 0 atom stereocenters. The number of anilines is 1. The highest BCUT2D eigenvalue weighted by atomic mass is 16.5. The summed E-state index contributed by atoms with van der Waals surface area (Å²) in [6.07, 6.45) is 2.84. The van der Waals surface area contributed by atoms with Crippen molar-refractivity contribution in [1.82, 2.24) is 14.9 Å².